The van der Waals surface area contributed by atoms with E-state index in [-0.39, 0.29) is 11.4 Å². The van der Waals surface area contributed by atoms with Gasteiger partial charge >= 0.3 is 5.97 Å². The van der Waals surface area contributed by atoms with Crippen LogP contribution in [0.4, 0.5) is 4.39 Å². The monoisotopic (exact) mass is 257 g/mol. The predicted molar refractivity (Wildman–Crippen MR) is 70.9 cm³/mol. The smallest absolute Gasteiger partial charge is 0.356 e. The summed E-state index contributed by atoms with van der Waals surface area (Å²) in [4.78, 5) is 15.2. The number of carbonyl (C=O) groups excluding carboxylic acids is 1. The molecule has 0 saturated heterocycles. The maximum absolute atomic E-state index is 13.6. The number of nitrogens with zero attached hydrogens (tertiary/aromatic N) is 1. The number of aromatic nitrogens is 1. The summed E-state index contributed by atoms with van der Waals surface area (Å²) in [5, 5.41) is 0. The van der Waals surface area contributed by atoms with Gasteiger partial charge in [0.2, 0.25) is 0 Å². The van der Waals surface area contributed by atoms with Crippen molar-refractivity contribution in [1.82, 2.24) is 4.98 Å². The fourth-order valence-electron chi connectivity index (χ4n) is 1.53. The number of pyridine rings is 1. The maximum atomic E-state index is 13.6. The molecule has 1 aromatic carbocycles. The first-order valence-electron chi connectivity index (χ1n) is 5.68. The molecule has 19 heavy (non-hydrogen) atoms. The Morgan fingerprint density at radius 3 is 2.58 bits per heavy atom. The molecule has 0 aliphatic heterocycles. The van der Waals surface area contributed by atoms with Gasteiger partial charge in [0.15, 0.2) is 0 Å². The third-order valence-electron chi connectivity index (χ3n) is 2.50. The number of esters is 1. The molecule has 0 N–H and O–H groups in total. The van der Waals surface area contributed by atoms with Gasteiger partial charge in [-0.3, -0.25) is 0 Å². The van der Waals surface area contributed by atoms with E-state index in [1.807, 2.05) is 30.3 Å². The van der Waals surface area contributed by atoms with Crippen molar-refractivity contribution in [3.05, 3.63) is 65.2 Å². The van der Waals surface area contributed by atoms with E-state index < -0.39 is 11.8 Å². The molecule has 1 heterocycles. The fraction of sp³-hybridized carbons (Fsp3) is 0.0667. The average molecular weight is 257 g/mol. The topological polar surface area (TPSA) is 39.2 Å². The largest absolute Gasteiger partial charge is 0.464 e. The molecule has 3 nitrogen and oxygen atoms in total. The van der Waals surface area contributed by atoms with Crippen LogP contribution in [0.15, 0.2) is 42.5 Å². The van der Waals surface area contributed by atoms with Crippen LogP contribution in [0.5, 0.6) is 0 Å². The van der Waals surface area contributed by atoms with Gasteiger partial charge in [0.25, 0.3) is 0 Å². The molecule has 0 aliphatic rings. The average Bonchev–Trinajstić information content (AvgIpc) is 2.46. The lowest BCUT2D eigenvalue weighted by molar-refractivity contribution is 0.0594. The van der Waals surface area contributed by atoms with E-state index in [1.54, 1.807) is 6.08 Å². The Kier molecular flexibility index (Phi) is 4.03. The van der Waals surface area contributed by atoms with Crippen molar-refractivity contribution in [2.75, 3.05) is 7.11 Å². The summed E-state index contributed by atoms with van der Waals surface area (Å²) in [6.45, 7) is 0. The van der Waals surface area contributed by atoms with Gasteiger partial charge in [-0.1, -0.05) is 36.4 Å². The molecule has 0 radical (unpaired) electrons. The van der Waals surface area contributed by atoms with Gasteiger partial charge in [0.1, 0.15) is 11.5 Å². The van der Waals surface area contributed by atoms with Crippen LogP contribution in [0.1, 0.15) is 21.7 Å². The zero-order valence-electron chi connectivity index (χ0n) is 10.3. The van der Waals surface area contributed by atoms with Crippen molar-refractivity contribution in [2.45, 2.75) is 0 Å². The van der Waals surface area contributed by atoms with Gasteiger partial charge in [-0.25, -0.2) is 14.2 Å². The molecule has 0 saturated carbocycles. The van der Waals surface area contributed by atoms with E-state index in [1.165, 1.54) is 25.3 Å². The maximum Gasteiger partial charge on any atom is 0.356 e. The van der Waals surface area contributed by atoms with E-state index in [9.17, 15) is 9.18 Å². The van der Waals surface area contributed by atoms with E-state index in [0.29, 0.717) is 0 Å². The van der Waals surface area contributed by atoms with Crippen molar-refractivity contribution < 1.29 is 13.9 Å². The third kappa shape index (κ3) is 3.25. The van der Waals surface area contributed by atoms with Crippen LogP contribution in [0.25, 0.3) is 12.2 Å². The molecule has 2 aromatic rings. The minimum absolute atomic E-state index is 0.0802. The second-order valence-corrected chi connectivity index (χ2v) is 3.80. The number of benzene rings is 1. The molecule has 0 atom stereocenters. The van der Waals surface area contributed by atoms with Crippen LogP contribution in [-0.4, -0.2) is 18.1 Å². The van der Waals surface area contributed by atoms with Crippen molar-refractivity contribution in [3.8, 4) is 0 Å². The standard InChI is InChI=1S/C15H12FNO2/c1-19-15(18)14-10-8-12(16)13(17-14)9-7-11-5-3-2-4-6-11/h2-10H,1H3. The molecule has 1 aromatic heterocycles. The first-order chi connectivity index (χ1) is 9.20. The number of hydrogen-bond acceptors (Lipinski definition) is 3. The summed E-state index contributed by atoms with van der Waals surface area (Å²) in [6.07, 6.45) is 3.25. The zero-order chi connectivity index (χ0) is 13.7. The molecule has 0 amide bonds. The molecular formula is C15H12FNO2. The van der Waals surface area contributed by atoms with E-state index in [2.05, 4.69) is 9.72 Å². The van der Waals surface area contributed by atoms with E-state index in [4.69, 9.17) is 0 Å². The van der Waals surface area contributed by atoms with E-state index >= 15 is 0 Å². The first kappa shape index (κ1) is 13.0. The van der Waals surface area contributed by atoms with Crippen molar-refractivity contribution in [2.24, 2.45) is 0 Å². The Morgan fingerprint density at radius 2 is 1.89 bits per heavy atom. The van der Waals surface area contributed by atoms with Gasteiger partial charge in [-0.05, 0) is 23.8 Å². The second-order valence-electron chi connectivity index (χ2n) is 3.80. The Balaban J connectivity index is 2.29. The summed E-state index contributed by atoms with van der Waals surface area (Å²) in [5.74, 6) is -1.07. The lowest BCUT2D eigenvalue weighted by atomic mass is 10.2. The minimum atomic E-state index is -0.589. The molecule has 0 spiro atoms. The Hall–Kier alpha value is -2.49. The van der Waals surface area contributed by atoms with Crippen LogP contribution in [0, 0.1) is 5.82 Å². The third-order valence-corrected chi connectivity index (χ3v) is 2.50. The SMILES string of the molecule is COC(=O)c1ccc(F)c(C=Cc2ccccc2)n1. The molecule has 4 heteroatoms. The highest BCUT2D eigenvalue weighted by atomic mass is 19.1. The molecule has 0 bridgehead atoms. The fourth-order valence-corrected chi connectivity index (χ4v) is 1.53. The second kappa shape index (κ2) is 5.91. The Bertz CT molecular complexity index is 609. The summed E-state index contributed by atoms with van der Waals surface area (Å²) in [7, 11) is 1.26. The molecule has 96 valence electrons. The van der Waals surface area contributed by atoms with Gasteiger partial charge in [-0.15, -0.1) is 0 Å². The van der Waals surface area contributed by atoms with Crippen molar-refractivity contribution >= 4 is 18.1 Å². The minimum Gasteiger partial charge on any atom is -0.464 e. The van der Waals surface area contributed by atoms with Gasteiger partial charge in [-0.2, -0.15) is 0 Å². The van der Waals surface area contributed by atoms with Crippen molar-refractivity contribution in [1.29, 1.82) is 0 Å². The lowest BCUT2D eigenvalue weighted by Crippen LogP contribution is -2.05. The molecule has 0 unspecified atom stereocenters. The summed E-state index contributed by atoms with van der Waals surface area (Å²) in [5.41, 5.74) is 1.11. The number of hydrogen-bond donors (Lipinski definition) is 0. The number of carbonyl (C=O) groups is 1. The predicted octanol–water partition coefficient (Wildman–Crippen LogP) is 3.18. The Morgan fingerprint density at radius 1 is 1.16 bits per heavy atom. The van der Waals surface area contributed by atoms with Crippen molar-refractivity contribution in [3.63, 3.8) is 0 Å². The van der Waals surface area contributed by atoms with Gasteiger partial charge in [0.05, 0.1) is 12.8 Å². The highest BCUT2D eigenvalue weighted by Crippen LogP contribution is 2.11. The molecule has 2 rings (SSSR count). The highest BCUT2D eigenvalue weighted by molar-refractivity contribution is 5.87. The van der Waals surface area contributed by atoms with Gasteiger partial charge < -0.3 is 4.74 Å². The van der Waals surface area contributed by atoms with Crippen LogP contribution in [0.3, 0.4) is 0 Å². The molecular weight excluding hydrogens is 245 g/mol. The van der Waals surface area contributed by atoms with Crippen LogP contribution in [0.2, 0.25) is 0 Å². The summed E-state index contributed by atoms with van der Waals surface area (Å²) < 4.78 is 18.1. The lowest BCUT2D eigenvalue weighted by Gasteiger charge is -2.01. The number of ether oxygens (including phenoxy) is 1. The number of methoxy groups -OCH3 is 1. The normalized spacial score (nSPS) is 10.6. The zero-order valence-corrected chi connectivity index (χ0v) is 10.3. The van der Waals surface area contributed by atoms with Gasteiger partial charge in [0, 0.05) is 0 Å². The van der Waals surface area contributed by atoms with Crippen LogP contribution in [-0.2, 0) is 4.74 Å². The summed E-state index contributed by atoms with van der Waals surface area (Å²) >= 11 is 0. The molecule has 0 aliphatic carbocycles. The van der Waals surface area contributed by atoms with E-state index in [0.717, 1.165) is 5.56 Å². The molecule has 0 fully saturated rings. The quantitative estimate of drug-likeness (QED) is 0.793. The van der Waals surface area contributed by atoms with Crippen LogP contribution >= 0.6 is 0 Å². The Labute approximate surface area is 110 Å². The number of halogens is 1. The summed E-state index contributed by atoms with van der Waals surface area (Å²) in [6, 6.07) is 11.9. The van der Waals surface area contributed by atoms with Crippen LogP contribution < -0.4 is 0 Å². The highest BCUT2D eigenvalue weighted by Gasteiger charge is 2.09. The number of rotatable bonds is 3. The first-order valence-corrected chi connectivity index (χ1v) is 5.68.